The maximum absolute atomic E-state index is 14.0. The van der Waals surface area contributed by atoms with Crippen molar-refractivity contribution in [3.05, 3.63) is 83.2 Å². The lowest BCUT2D eigenvalue weighted by atomic mass is 10.0. The predicted molar refractivity (Wildman–Crippen MR) is 131 cm³/mol. The van der Waals surface area contributed by atoms with Gasteiger partial charge < -0.3 is 4.90 Å². The van der Waals surface area contributed by atoms with Crippen LogP contribution in [0.15, 0.2) is 54.7 Å². The van der Waals surface area contributed by atoms with E-state index in [1.165, 1.54) is 11.6 Å². The van der Waals surface area contributed by atoms with E-state index in [9.17, 15) is 13.6 Å². The van der Waals surface area contributed by atoms with Gasteiger partial charge in [0.1, 0.15) is 6.54 Å². The van der Waals surface area contributed by atoms with E-state index in [2.05, 4.69) is 35.2 Å². The average Bonchev–Trinajstić information content (AvgIpc) is 3.17. The van der Waals surface area contributed by atoms with Crippen LogP contribution >= 0.6 is 0 Å². The molecule has 0 atom stereocenters. The van der Waals surface area contributed by atoms with Gasteiger partial charge in [-0.15, -0.1) is 0 Å². The van der Waals surface area contributed by atoms with Crippen LogP contribution in [0.2, 0.25) is 0 Å². The third-order valence-electron chi connectivity index (χ3n) is 6.57. The lowest BCUT2D eigenvalue weighted by Gasteiger charge is -2.34. The fourth-order valence-corrected chi connectivity index (χ4v) is 4.74. The average molecular weight is 476 g/mol. The summed E-state index contributed by atoms with van der Waals surface area (Å²) in [5.41, 5.74) is 5.17. The molecular formula is C27H27F2N5O. The molecule has 0 N–H and O–H groups in total. The molecule has 0 aliphatic carbocycles. The zero-order valence-electron chi connectivity index (χ0n) is 19.8. The van der Waals surface area contributed by atoms with E-state index in [0.29, 0.717) is 43.9 Å². The largest absolute Gasteiger partial charge is 0.339 e. The van der Waals surface area contributed by atoms with Crippen LogP contribution in [0.1, 0.15) is 16.8 Å². The molecule has 1 aliphatic heterocycles. The van der Waals surface area contributed by atoms with Gasteiger partial charge in [0.2, 0.25) is 5.91 Å². The molecule has 4 aromatic rings. The van der Waals surface area contributed by atoms with Crippen LogP contribution < -0.4 is 0 Å². The van der Waals surface area contributed by atoms with E-state index in [0.717, 1.165) is 28.3 Å². The first-order valence-electron chi connectivity index (χ1n) is 11.7. The smallest absolute Gasteiger partial charge is 0.244 e. The van der Waals surface area contributed by atoms with Gasteiger partial charge in [0.05, 0.1) is 5.69 Å². The number of aryl methyl sites for hydroxylation is 2. The third kappa shape index (κ3) is 4.66. The Morgan fingerprint density at radius 1 is 1.00 bits per heavy atom. The number of halogens is 2. The van der Waals surface area contributed by atoms with Crippen molar-refractivity contribution in [2.75, 3.05) is 26.2 Å². The molecule has 5 rings (SSSR count). The van der Waals surface area contributed by atoms with Crippen molar-refractivity contribution in [1.29, 1.82) is 0 Å². The Bertz CT molecular complexity index is 1390. The first-order chi connectivity index (χ1) is 16.9. The maximum atomic E-state index is 14.0. The fourth-order valence-electron chi connectivity index (χ4n) is 4.74. The van der Waals surface area contributed by atoms with Gasteiger partial charge in [0.25, 0.3) is 0 Å². The van der Waals surface area contributed by atoms with Gasteiger partial charge in [-0.2, -0.15) is 5.10 Å². The van der Waals surface area contributed by atoms with Gasteiger partial charge in [-0.05, 0) is 37.1 Å². The van der Waals surface area contributed by atoms with Crippen LogP contribution in [0.3, 0.4) is 0 Å². The minimum absolute atomic E-state index is 0.0336. The van der Waals surface area contributed by atoms with Crippen LogP contribution in [0.25, 0.3) is 22.2 Å². The summed E-state index contributed by atoms with van der Waals surface area (Å²) in [4.78, 5) is 21.5. The summed E-state index contributed by atoms with van der Waals surface area (Å²) in [5, 5.41) is 5.59. The highest BCUT2D eigenvalue weighted by Gasteiger charge is 2.24. The van der Waals surface area contributed by atoms with E-state index in [-0.39, 0.29) is 12.5 Å². The highest BCUT2D eigenvalue weighted by molar-refractivity contribution is 5.95. The highest BCUT2D eigenvalue weighted by Crippen LogP contribution is 2.30. The Morgan fingerprint density at radius 2 is 1.77 bits per heavy atom. The van der Waals surface area contributed by atoms with E-state index < -0.39 is 11.6 Å². The minimum atomic E-state index is -0.836. The Morgan fingerprint density at radius 3 is 2.54 bits per heavy atom. The van der Waals surface area contributed by atoms with Crippen molar-refractivity contribution in [2.24, 2.45) is 0 Å². The summed E-state index contributed by atoms with van der Waals surface area (Å²) in [6.45, 7) is 6.66. The molecule has 35 heavy (non-hydrogen) atoms. The normalized spacial score (nSPS) is 14.6. The number of hydrogen-bond donors (Lipinski definition) is 0. The number of hydrogen-bond acceptors (Lipinski definition) is 4. The van der Waals surface area contributed by atoms with Crippen LogP contribution in [0.4, 0.5) is 8.78 Å². The molecule has 1 saturated heterocycles. The first-order valence-corrected chi connectivity index (χ1v) is 11.7. The minimum Gasteiger partial charge on any atom is -0.339 e. The van der Waals surface area contributed by atoms with Crippen molar-refractivity contribution >= 4 is 16.9 Å². The molecule has 0 spiro atoms. The summed E-state index contributed by atoms with van der Waals surface area (Å²) in [5.74, 6) is -1.67. The molecule has 0 saturated carbocycles. The zero-order chi connectivity index (χ0) is 24.5. The molecule has 1 aliphatic rings. The number of carbonyl (C=O) groups is 1. The number of fused-ring (bicyclic) bond motifs is 1. The SMILES string of the molecule is Cc1cccc(-c2ccnc3c2c(C)nn3CC(=O)N2CCN(Cc3cccc(F)c3F)CC2)c1. The molecular weight excluding hydrogens is 448 g/mol. The van der Waals surface area contributed by atoms with Crippen molar-refractivity contribution in [1.82, 2.24) is 24.6 Å². The molecule has 0 unspecified atom stereocenters. The van der Waals surface area contributed by atoms with Gasteiger partial charge >= 0.3 is 0 Å². The van der Waals surface area contributed by atoms with Crippen LogP contribution in [0.5, 0.6) is 0 Å². The Labute approximate surface area is 202 Å². The van der Waals surface area contributed by atoms with Crippen molar-refractivity contribution in [3.8, 4) is 11.1 Å². The van der Waals surface area contributed by atoms with Crippen LogP contribution in [-0.4, -0.2) is 56.7 Å². The first kappa shape index (κ1) is 23.1. The summed E-state index contributed by atoms with van der Waals surface area (Å²) >= 11 is 0. The van der Waals surface area contributed by atoms with E-state index in [1.807, 2.05) is 24.0 Å². The quantitative estimate of drug-likeness (QED) is 0.431. The molecule has 1 amide bonds. The van der Waals surface area contributed by atoms with Gasteiger partial charge in [0.15, 0.2) is 17.3 Å². The molecule has 180 valence electrons. The molecule has 0 bridgehead atoms. The summed E-state index contributed by atoms with van der Waals surface area (Å²) in [7, 11) is 0. The summed E-state index contributed by atoms with van der Waals surface area (Å²) in [6.07, 6.45) is 1.76. The molecule has 2 aromatic heterocycles. The number of benzene rings is 2. The number of carbonyl (C=O) groups excluding carboxylic acids is 1. The topological polar surface area (TPSA) is 54.3 Å². The number of rotatable bonds is 5. The van der Waals surface area contributed by atoms with E-state index >= 15 is 0 Å². The highest BCUT2D eigenvalue weighted by atomic mass is 19.2. The lowest BCUT2D eigenvalue weighted by Crippen LogP contribution is -2.49. The summed E-state index contributed by atoms with van der Waals surface area (Å²) in [6, 6.07) is 14.5. The molecule has 6 nitrogen and oxygen atoms in total. The number of aromatic nitrogens is 3. The Hall–Kier alpha value is -3.65. The molecule has 0 radical (unpaired) electrons. The van der Waals surface area contributed by atoms with Crippen LogP contribution in [0, 0.1) is 25.5 Å². The Kier molecular flexibility index (Phi) is 6.30. The second-order valence-electron chi connectivity index (χ2n) is 9.04. The van der Waals surface area contributed by atoms with E-state index in [1.54, 1.807) is 21.8 Å². The monoisotopic (exact) mass is 475 g/mol. The number of pyridine rings is 1. The molecule has 1 fully saturated rings. The molecule has 2 aromatic carbocycles. The number of amides is 1. The van der Waals surface area contributed by atoms with Gasteiger partial charge in [-0.3, -0.25) is 9.69 Å². The van der Waals surface area contributed by atoms with Gasteiger partial charge in [0, 0.05) is 49.9 Å². The predicted octanol–water partition coefficient (Wildman–Crippen LogP) is 4.34. The second kappa shape index (κ2) is 9.54. The number of nitrogens with zero attached hydrogens (tertiary/aromatic N) is 5. The molecule has 3 heterocycles. The Balaban J connectivity index is 1.28. The maximum Gasteiger partial charge on any atom is 0.244 e. The second-order valence-corrected chi connectivity index (χ2v) is 9.04. The third-order valence-corrected chi connectivity index (χ3v) is 6.57. The van der Waals surface area contributed by atoms with Crippen molar-refractivity contribution in [3.63, 3.8) is 0 Å². The molecule has 8 heteroatoms. The zero-order valence-corrected chi connectivity index (χ0v) is 19.8. The van der Waals surface area contributed by atoms with Crippen molar-refractivity contribution < 1.29 is 13.6 Å². The standard InChI is InChI=1S/C27H27F2N5O/c1-18-5-3-6-20(15-18)22-9-10-30-27-25(22)19(2)31-34(27)17-24(35)33-13-11-32(12-14-33)16-21-7-4-8-23(28)26(21)29/h3-10,15H,11-14,16-17H2,1-2H3. The van der Waals surface area contributed by atoms with Gasteiger partial charge in [-0.1, -0.05) is 42.0 Å². The van der Waals surface area contributed by atoms with Crippen molar-refractivity contribution in [2.45, 2.75) is 26.9 Å². The lowest BCUT2D eigenvalue weighted by molar-refractivity contribution is -0.133. The number of piperazine rings is 1. The van der Waals surface area contributed by atoms with E-state index in [4.69, 9.17) is 0 Å². The van der Waals surface area contributed by atoms with Crippen LogP contribution in [-0.2, 0) is 17.9 Å². The summed E-state index contributed by atoms with van der Waals surface area (Å²) < 4.78 is 29.2. The fraction of sp³-hybridized carbons (Fsp3) is 0.296. The van der Waals surface area contributed by atoms with Gasteiger partial charge in [-0.25, -0.2) is 18.4 Å².